The second-order valence-electron chi connectivity index (χ2n) is 6.88. The lowest BCUT2D eigenvalue weighted by Crippen LogP contribution is -2.23. The van der Waals surface area contributed by atoms with Crippen LogP contribution in [-0.4, -0.2) is 30.9 Å². The Kier molecular flexibility index (Phi) is 6.87. The number of aromatic nitrogens is 4. The molecule has 3 aromatic rings. The van der Waals surface area contributed by atoms with Crippen LogP contribution in [0.3, 0.4) is 0 Å². The molecule has 1 amide bonds. The Labute approximate surface area is 177 Å². The zero-order valence-corrected chi connectivity index (χ0v) is 17.8. The van der Waals surface area contributed by atoms with Gasteiger partial charge in [-0.15, -0.1) is 10.2 Å². The first kappa shape index (κ1) is 21.3. The molecule has 152 valence electrons. The van der Waals surface area contributed by atoms with Crippen molar-refractivity contribution in [1.82, 2.24) is 19.7 Å². The molecule has 1 aromatic carbocycles. The monoisotopic (exact) mass is 433 g/mol. The van der Waals surface area contributed by atoms with Crippen LogP contribution in [0.2, 0.25) is 5.15 Å². The molecule has 2 aromatic heterocycles. The molecule has 0 bridgehead atoms. The molecule has 6 nitrogen and oxygen atoms in total. The summed E-state index contributed by atoms with van der Waals surface area (Å²) in [6.07, 6.45) is 1.55. The van der Waals surface area contributed by atoms with E-state index < -0.39 is 5.25 Å². The van der Waals surface area contributed by atoms with Gasteiger partial charge in [-0.3, -0.25) is 4.79 Å². The van der Waals surface area contributed by atoms with Crippen molar-refractivity contribution in [2.75, 3.05) is 5.32 Å². The first-order chi connectivity index (χ1) is 13.9. The van der Waals surface area contributed by atoms with E-state index in [1.165, 1.54) is 17.8 Å². The fourth-order valence-electron chi connectivity index (χ4n) is 2.67. The number of rotatable bonds is 7. The molecule has 0 aliphatic carbocycles. The van der Waals surface area contributed by atoms with Crippen molar-refractivity contribution in [2.24, 2.45) is 5.92 Å². The molecule has 0 radical (unpaired) electrons. The molecule has 1 N–H and O–H groups in total. The fraction of sp³-hybridized carbons (Fsp3) is 0.300. The molecule has 3 rings (SSSR count). The summed E-state index contributed by atoms with van der Waals surface area (Å²) < 4.78 is 16.2. The van der Waals surface area contributed by atoms with E-state index in [1.54, 1.807) is 43.5 Å². The summed E-state index contributed by atoms with van der Waals surface area (Å²) in [5.41, 5.74) is 0.828. The van der Waals surface area contributed by atoms with Crippen LogP contribution in [0.25, 0.3) is 11.4 Å². The van der Waals surface area contributed by atoms with Gasteiger partial charge in [0, 0.05) is 12.7 Å². The first-order valence-electron chi connectivity index (χ1n) is 9.13. The average molecular weight is 434 g/mol. The van der Waals surface area contributed by atoms with E-state index in [-0.39, 0.29) is 22.8 Å². The minimum absolute atomic E-state index is 0.225. The number of hydrogen-bond acceptors (Lipinski definition) is 5. The number of anilines is 1. The molecule has 0 aliphatic rings. The number of carbonyl (C=O) groups is 1. The number of thioether (sulfide) groups is 1. The van der Waals surface area contributed by atoms with Crippen molar-refractivity contribution in [2.45, 2.75) is 37.7 Å². The molecule has 0 saturated carbocycles. The highest BCUT2D eigenvalue weighted by Gasteiger charge is 2.23. The van der Waals surface area contributed by atoms with Crippen molar-refractivity contribution < 1.29 is 9.18 Å². The van der Waals surface area contributed by atoms with Crippen molar-refractivity contribution >= 4 is 35.0 Å². The van der Waals surface area contributed by atoms with Gasteiger partial charge in [-0.1, -0.05) is 49.3 Å². The lowest BCUT2D eigenvalue weighted by molar-refractivity contribution is -0.115. The summed E-state index contributed by atoms with van der Waals surface area (Å²) in [7, 11) is 0. The van der Waals surface area contributed by atoms with Gasteiger partial charge in [0.2, 0.25) is 5.91 Å². The van der Waals surface area contributed by atoms with Gasteiger partial charge in [0.25, 0.3) is 0 Å². The lowest BCUT2D eigenvalue weighted by atomic mass is 10.2. The zero-order valence-electron chi connectivity index (χ0n) is 16.3. The Bertz CT molecular complexity index is 1010. The number of halogens is 2. The molecule has 0 aliphatic heterocycles. The summed E-state index contributed by atoms with van der Waals surface area (Å²) in [4.78, 5) is 16.5. The molecule has 1 atom stereocenters. The van der Waals surface area contributed by atoms with Gasteiger partial charge in [0.1, 0.15) is 5.82 Å². The largest absolute Gasteiger partial charge is 0.322 e. The van der Waals surface area contributed by atoms with Gasteiger partial charge >= 0.3 is 0 Å². The molecule has 0 fully saturated rings. The molecule has 9 heteroatoms. The second-order valence-corrected chi connectivity index (χ2v) is 8.55. The number of pyridine rings is 1. The second kappa shape index (κ2) is 9.37. The first-order valence-corrected chi connectivity index (χ1v) is 10.4. The summed E-state index contributed by atoms with van der Waals surface area (Å²) in [5, 5.41) is 11.5. The quantitative estimate of drug-likeness (QED) is 0.423. The molecular formula is C20H21ClFN5OS. The predicted octanol–water partition coefficient (Wildman–Crippen LogP) is 4.91. The number of amides is 1. The van der Waals surface area contributed by atoms with Gasteiger partial charge in [-0.05, 0) is 37.1 Å². The van der Waals surface area contributed by atoms with Crippen LogP contribution in [0.1, 0.15) is 20.8 Å². The van der Waals surface area contributed by atoms with E-state index in [2.05, 4.69) is 34.3 Å². The van der Waals surface area contributed by atoms with E-state index in [0.29, 0.717) is 28.8 Å². The van der Waals surface area contributed by atoms with E-state index >= 15 is 0 Å². The number of nitrogens with one attached hydrogen (secondary N) is 1. The topological polar surface area (TPSA) is 72.7 Å². The van der Waals surface area contributed by atoms with Crippen LogP contribution in [0, 0.1) is 11.7 Å². The highest BCUT2D eigenvalue weighted by atomic mass is 35.5. The van der Waals surface area contributed by atoms with Crippen molar-refractivity contribution in [1.29, 1.82) is 0 Å². The minimum atomic E-state index is -0.477. The summed E-state index contributed by atoms with van der Waals surface area (Å²) in [6, 6.07) is 9.83. The Morgan fingerprint density at radius 3 is 2.66 bits per heavy atom. The van der Waals surface area contributed by atoms with Crippen LogP contribution < -0.4 is 5.32 Å². The fourth-order valence-corrected chi connectivity index (χ4v) is 3.70. The average Bonchev–Trinajstić information content (AvgIpc) is 3.05. The molecular weight excluding hydrogens is 413 g/mol. The molecule has 0 spiro atoms. The predicted molar refractivity (Wildman–Crippen MR) is 113 cm³/mol. The third kappa shape index (κ3) is 5.13. The standard InChI is InChI=1S/C20H21ClFN5OS/c1-12(2)11-27-18(14-7-4-5-8-15(14)22)25-26-20(27)29-13(3)19(28)24-16-9-6-10-23-17(16)21/h4-10,12-13H,11H2,1-3H3,(H,24,28). The number of hydrogen-bond donors (Lipinski definition) is 1. The van der Waals surface area contributed by atoms with Gasteiger partial charge in [-0.25, -0.2) is 9.37 Å². The Hall–Kier alpha value is -2.45. The molecule has 1 unspecified atom stereocenters. The smallest absolute Gasteiger partial charge is 0.237 e. The van der Waals surface area contributed by atoms with Gasteiger partial charge in [0.15, 0.2) is 16.1 Å². The van der Waals surface area contributed by atoms with Gasteiger partial charge in [0.05, 0.1) is 16.5 Å². The van der Waals surface area contributed by atoms with E-state index in [1.807, 2.05) is 4.57 Å². The Morgan fingerprint density at radius 1 is 1.21 bits per heavy atom. The molecule has 0 saturated heterocycles. The van der Waals surface area contributed by atoms with E-state index in [4.69, 9.17) is 11.6 Å². The maximum Gasteiger partial charge on any atom is 0.237 e. The van der Waals surface area contributed by atoms with Gasteiger partial charge < -0.3 is 9.88 Å². The molecule has 29 heavy (non-hydrogen) atoms. The third-order valence-corrected chi connectivity index (χ3v) is 5.43. The van der Waals surface area contributed by atoms with Crippen molar-refractivity contribution in [3.8, 4) is 11.4 Å². The van der Waals surface area contributed by atoms with E-state index in [0.717, 1.165) is 0 Å². The van der Waals surface area contributed by atoms with Crippen LogP contribution in [0.4, 0.5) is 10.1 Å². The van der Waals surface area contributed by atoms with E-state index in [9.17, 15) is 9.18 Å². The van der Waals surface area contributed by atoms with Gasteiger partial charge in [-0.2, -0.15) is 0 Å². The maximum absolute atomic E-state index is 14.3. The lowest BCUT2D eigenvalue weighted by Gasteiger charge is -2.15. The Morgan fingerprint density at radius 2 is 1.97 bits per heavy atom. The number of carbonyl (C=O) groups excluding carboxylic acids is 1. The zero-order chi connectivity index (χ0) is 21.0. The van der Waals surface area contributed by atoms with Crippen LogP contribution in [0.15, 0.2) is 47.8 Å². The SMILES string of the molecule is CC(C)Cn1c(SC(C)C(=O)Nc2cccnc2Cl)nnc1-c1ccccc1F. The highest BCUT2D eigenvalue weighted by molar-refractivity contribution is 8.00. The summed E-state index contributed by atoms with van der Waals surface area (Å²) in [5.74, 6) is 0.131. The van der Waals surface area contributed by atoms with Crippen molar-refractivity contribution in [3.05, 3.63) is 53.6 Å². The maximum atomic E-state index is 14.3. The Balaban J connectivity index is 1.84. The summed E-state index contributed by atoms with van der Waals surface area (Å²) >= 11 is 7.27. The summed E-state index contributed by atoms with van der Waals surface area (Å²) in [6.45, 7) is 6.48. The minimum Gasteiger partial charge on any atom is -0.322 e. The van der Waals surface area contributed by atoms with Crippen LogP contribution in [0.5, 0.6) is 0 Å². The normalized spacial score (nSPS) is 12.2. The highest BCUT2D eigenvalue weighted by Crippen LogP contribution is 2.30. The van der Waals surface area contributed by atoms with Crippen molar-refractivity contribution in [3.63, 3.8) is 0 Å². The third-order valence-electron chi connectivity index (χ3n) is 4.05. The van der Waals surface area contributed by atoms with Crippen LogP contribution >= 0.6 is 23.4 Å². The van der Waals surface area contributed by atoms with Crippen LogP contribution in [-0.2, 0) is 11.3 Å². The number of benzene rings is 1. The molecule has 2 heterocycles. The number of nitrogens with zero attached hydrogens (tertiary/aromatic N) is 4.